The molecule has 0 bridgehead atoms. The Balaban J connectivity index is 1.72. The summed E-state index contributed by atoms with van der Waals surface area (Å²) >= 11 is 0. The quantitative estimate of drug-likeness (QED) is 0.137. The molecule has 236 valence electrons. The Labute approximate surface area is 266 Å². The Hall–Kier alpha value is -2.08. The van der Waals surface area contributed by atoms with E-state index in [-0.39, 0.29) is 5.41 Å². The van der Waals surface area contributed by atoms with E-state index >= 15 is 0 Å². The smallest absolute Gasteiger partial charge is 0.0118 e. The lowest BCUT2D eigenvalue weighted by Crippen LogP contribution is -2.31. The number of benzene rings is 2. The number of fused-ring (bicyclic) bond motifs is 2. The summed E-state index contributed by atoms with van der Waals surface area (Å²) in [6.07, 6.45) is 28.9. The van der Waals surface area contributed by atoms with Gasteiger partial charge in [0.2, 0.25) is 0 Å². The molecular formula is C43H64. The number of unbranched alkanes of at least 4 members (excludes halogenated alkanes) is 10. The molecule has 0 radical (unpaired) electrons. The minimum atomic E-state index is 0.119. The number of allylic oxidation sites excluding steroid dienone is 2. The van der Waals surface area contributed by atoms with Crippen LogP contribution in [0.25, 0.3) is 12.2 Å². The van der Waals surface area contributed by atoms with Crippen molar-refractivity contribution < 1.29 is 0 Å². The summed E-state index contributed by atoms with van der Waals surface area (Å²) in [4.78, 5) is 0. The normalized spacial score (nSPS) is 17.6. The average molecular weight is 581 g/mol. The van der Waals surface area contributed by atoms with Crippen molar-refractivity contribution in [3.8, 4) is 0 Å². The van der Waals surface area contributed by atoms with Gasteiger partial charge in [-0.25, -0.2) is 0 Å². The van der Waals surface area contributed by atoms with E-state index in [4.69, 9.17) is 0 Å². The van der Waals surface area contributed by atoms with Crippen LogP contribution in [0.15, 0.2) is 47.5 Å². The highest BCUT2D eigenvalue weighted by atomic mass is 14.5. The lowest BCUT2D eigenvalue weighted by Gasteiger charge is -2.42. The fourth-order valence-electron chi connectivity index (χ4n) is 8.49. The first-order valence-electron chi connectivity index (χ1n) is 18.6. The van der Waals surface area contributed by atoms with Crippen LogP contribution < -0.4 is 0 Å². The predicted molar refractivity (Wildman–Crippen MR) is 192 cm³/mol. The van der Waals surface area contributed by atoms with E-state index < -0.39 is 0 Å². The maximum Gasteiger partial charge on any atom is 0.0118 e. The second-order valence-corrected chi connectivity index (χ2v) is 14.5. The monoisotopic (exact) mass is 581 g/mol. The minimum Gasteiger partial charge on any atom is -0.0654 e. The highest BCUT2D eigenvalue weighted by Gasteiger charge is 2.46. The van der Waals surface area contributed by atoms with E-state index in [0.29, 0.717) is 11.8 Å². The van der Waals surface area contributed by atoms with Gasteiger partial charge in [0.1, 0.15) is 0 Å². The third-order valence-electron chi connectivity index (χ3n) is 10.7. The molecule has 2 aromatic carbocycles. The van der Waals surface area contributed by atoms with E-state index in [1.165, 1.54) is 116 Å². The van der Waals surface area contributed by atoms with Crippen LogP contribution in [-0.2, 0) is 12.8 Å². The third kappa shape index (κ3) is 8.15. The number of aryl methyl sites for hydroxylation is 2. The zero-order chi connectivity index (χ0) is 30.7. The van der Waals surface area contributed by atoms with Gasteiger partial charge >= 0.3 is 0 Å². The third-order valence-corrected chi connectivity index (χ3v) is 10.7. The molecule has 0 saturated carbocycles. The zero-order valence-corrected chi connectivity index (χ0v) is 29.0. The van der Waals surface area contributed by atoms with Crippen LogP contribution in [0.5, 0.6) is 0 Å². The Morgan fingerprint density at radius 1 is 0.465 bits per heavy atom. The summed E-state index contributed by atoms with van der Waals surface area (Å²) in [6, 6.07) is 14.6. The van der Waals surface area contributed by atoms with Crippen LogP contribution in [0.2, 0.25) is 0 Å². The molecule has 2 aliphatic carbocycles. The van der Waals surface area contributed by atoms with Crippen molar-refractivity contribution >= 4 is 12.2 Å². The molecule has 2 atom stereocenters. The van der Waals surface area contributed by atoms with Crippen LogP contribution in [0.4, 0.5) is 0 Å². The van der Waals surface area contributed by atoms with Gasteiger partial charge in [0.15, 0.2) is 0 Å². The van der Waals surface area contributed by atoms with Gasteiger partial charge in [0, 0.05) is 11.8 Å². The summed E-state index contributed by atoms with van der Waals surface area (Å²) in [5.74, 6) is 0.988. The van der Waals surface area contributed by atoms with E-state index in [1.807, 2.05) is 0 Å². The molecule has 0 heteroatoms. The van der Waals surface area contributed by atoms with E-state index in [1.54, 1.807) is 44.5 Å². The van der Waals surface area contributed by atoms with Crippen LogP contribution in [0, 0.1) is 5.41 Å². The largest absolute Gasteiger partial charge is 0.0654 e. The molecule has 0 saturated heterocycles. The Kier molecular flexibility index (Phi) is 13.2. The molecular weight excluding hydrogens is 516 g/mol. The molecule has 0 aromatic heterocycles. The first kappa shape index (κ1) is 33.8. The Bertz CT molecular complexity index is 1110. The SMILES string of the molecule is CCCCCCc1cccc2c1C=C(CCCCC)C2C(C)(C)C1C(CCCCC)=Cc2c(CCCCCC)cccc21. The molecule has 43 heavy (non-hydrogen) atoms. The van der Waals surface area contributed by atoms with Gasteiger partial charge in [-0.15, -0.1) is 0 Å². The highest BCUT2D eigenvalue weighted by Crippen LogP contribution is 2.60. The lowest BCUT2D eigenvalue weighted by atomic mass is 9.61. The Morgan fingerprint density at radius 3 is 1.23 bits per heavy atom. The molecule has 2 unspecified atom stereocenters. The van der Waals surface area contributed by atoms with Crippen LogP contribution >= 0.6 is 0 Å². The first-order chi connectivity index (χ1) is 21.0. The van der Waals surface area contributed by atoms with Crippen LogP contribution in [0.1, 0.15) is 189 Å². The van der Waals surface area contributed by atoms with Crippen LogP contribution in [-0.4, -0.2) is 0 Å². The molecule has 0 spiro atoms. The van der Waals surface area contributed by atoms with Crippen molar-refractivity contribution in [2.24, 2.45) is 5.41 Å². The topological polar surface area (TPSA) is 0 Å². The van der Waals surface area contributed by atoms with Crippen molar-refractivity contribution in [3.05, 3.63) is 80.9 Å². The lowest BCUT2D eigenvalue weighted by molar-refractivity contribution is 0.267. The number of hydrogen-bond acceptors (Lipinski definition) is 0. The number of hydrogen-bond donors (Lipinski definition) is 0. The summed E-state index contributed by atoms with van der Waals surface area (Å²) in [5, 5.41) is 0. The van der Waals surface area contributed by atoms with Crippen LogP contribution in [0.3, 0.4) is 0 Å². The molecule has 0 fully saturated rings. The van der Waals surface area contributed by atoms with E-state index in [2.05, 4.69) is 90.1 Å². The Morgan fingerprint density at radius 2 is 0.837 bits per heavy atom. The summed E-state index contributed by atoms with van der Waals surface area (Å²) in [7, 11) is 0. The predicted octanol–water partition coefficient (Wildman–Crippen LogP) is 13.8. The fourth-order valence-corrected chi connectivity index (χ4v) is 8.49. The summed E-state index contributed by atoms with van der Waals surface area (Å²) in [6.45, 7) is 14.6. The fraction of sp³-hybridized carbons (Fsp3) is 0.628. The summed E-state index contributed by atoms with van der Waals surface area (Å²) < 4.78 is 0. The molecule has 0 aliphatic heterocycles. The first-order valence-corrected chi connectivity index (χ1v) is 18.6. The van der Waals surface area contributed by atoms with Gasteiger partial charge in [0.25, 0.3) is 0 Å². The molecule has 0 nitrogen and oxygen atoms in total. The van der Waals surface area contributed by atoms with Gasteiger partial charge in [-0.05, 0) is 90.2 Å². The second kappa shape index (κ2) is 16.8. The maximum absolute atomic E-state index is 2.67. The molecule has 0 N–H and O–H groups in total. The highest BCUT2D eigenvalue weighted by molar-refractivity contribution is 5.73. The van der Waals surface area contributed by atoms with Gasteiger partial charge in [-0.2, -0.15) is 0 Å². The number of rotatable bonds is 20. The standard InChI is InChI=1S/C43H64/c1-7-11-15-19-23-33-27-21-29-37-39(33)31-35(25-17-13-9-3)41(37)43(5,6)42-36(26-18-14-10-4)32-40-34(24-20-16-12-8-2)28-22-30-38(40)42/h21-22,27-32,41-42H,7-20,23-26H2,1-6H3. The summed E-state index contributed by atoms with van der Waals surface area (Å²) in [5.41, 5.74) is 13.2. The van der Waals surface area contributed by atoms with Gasteiger partial charge in [0.05, 0.1) is 0 Å². The van der Waals surface area contributed by atoms with Crippen molar-refractivity contribution in [2.75, 3.05) is 0 Å². The average Bonchev–Trinajstić information content (AvgIpc) is 3.58. The second-order valence-electron chi connectivity index (χ2n) is 14.5. The molecule has 4 rings (SSSR count). The zero-order valence-electron chi connectivity index (χ0n) is 29.0. The molecule has 0 heterocycles. The maximum atomic E-state index is 2.67. The molecule has 2 aliphatic rings. The minimum absolute atomic E-state index is 0.119. The van der Waals surface area contributed by atoms with Gasteiger partial charge in [-0.3, -0.25) is 0 Å². The van der Waals surface area contributed by atoms with Crippen molar-refractivity contribution in [1.29, 1.82) is 0 Å². The van der Waals surface area contributed by atoms with E-state index in [9.17, 15) is 0 Å². The van der Waals surface area contributed by atoms with Gasteiger partial charge in [-0.1, -0.05) is 165 Å². The van der Waals surface area contributed by atoms with Crippen molar-refractivity contribution in [2.45, 2.75) is 169 Å². The van der Waals surface area contributed by atoms with Crippen molar-refractivity contribution in [1.82, 2.24) is 0 Å². The van der Waals surface area contributed by atoms with E-state index in [0.717, 1.165) is 0 Å². The molecule has 2 aromatic rings. The molecule has 0 amide bonds. The van der Waals surface area contributed by atoms with Crippen molar-refractivity contribution in [3.63, 3.8) is 0 Å². The van der Waals surface area contributed by atoms with Gasteiger partial charge < -0.3 is 0 Å².